The standard InChI is InChI=1S/C30H42N2O/c1-24(2)17-19-31(23-29(33)20-25-10-7-6-8-11-25)22-28-12-9-18-32(28)21-26-13-15-27(16-14-26)30(3,4)5/h6-16,18,24,29,33H,17,19-23H2,1-5H3/t29-/m0/s1. The predicted octanol–water partition coefficient (Wildman–Crippen LogP) is 6.29. The van der Waals surface area contributed by atoms with Gasteiger partial charge in [-0.1, -0.05) is 89.2 Å². The molecule has 3 rings (SSSR count). The summed E-state index contributed by atoms with van der Waals surface area (Å²) in [7, 11) is 0. The van der Waals surface area contributed by atoms with Crippen molar-refractivity contribution < 1.29 is 5.11 Å². The molecule has 3 heteroatoms. The number of aromatic nitrogens is 1. The number of benzene rings is 2. The molecular weight excluding hydrogens is 404 g/mol. The maximum atomic E-state index is 10.8. The highest BCUT2D eigenvalue weighted by molar-refractivity contribution is 5.28. The Labute approximate surface area is 201 Å². The quantitative estimate of drug-likeness (QED) is 0.375. The average Bonchev–Trinajstić information content (AvgIpc) is 3.19. The second-order valence-electron chi connectivity index (χ2n) is 10.8. The van der Waals surface area contributed by atoms with Crippen molar-refractivity contribution in [2.75, 3.05) is 13.1 Å². The number of hydrogen-bond donors (Lipinski definition) is 1. The van der Waals surface area contributed by atoms with Gasteiger partial charge in [-0.05, 0) is 59.5 Å². The van der Waals surface area contributed by atoms with E-state index in [1.165, 1.54) is 22.4 Å². The summed E-state index contributed by atoms with van der Waals surface area (Å²) in [6, 6.07) is 23.7. The molecule has 0 spiro atoms. The van der Waals surface area contributed by atoms with Gasteiger partial charge in [-0.15, -0.1) is 0 Å². The number of nitrogens with zero attached hydrogens (tertiary/aromatic N) is 2. The molecule has 0 fully saturated rings. The van der Waals surface area contributed by atoms with E-state index >= 15 is 0 Å². The lowest BCUT2D eigenvalue weighted by atomic mass is 9.87. The molecule has 178 valence electrons. The molecule has 0 aliphatic carbocycles. The van der Waals surface area contributed by atoms with Gasteiger partial charge < -0.3 is 9.67 Å². The van der Waals surface area contributed by atoms with E-state index in [4.69, 9.17) is 0 Å². The largest absolute Gasteiger partial charge is 0.391 e. The Balaban J connectivity index is 1.66. The molecule has 0 amide bonds. The molecule has 0 saturated carbocycles. The van der Waals surface area contributed by atoms with E-state index in [1.807, 2.05) is 18.2 Å². The van der Waals surface area contributed by atoms with Crippen LogP contribution >= 0.6 is 0 Å². The van der Waals surface area contributed by atoms with Crippen molar-refractivity contribution in [3.63, 3.8) is 0 Å². The average molecular weight is 447 g/mol. The first-order valence-electron chi connectivity index (χ1n) is 12.4. The minimum atomic E-state index is -0.368. The summed E-state index contributed by atoms with van der Waals surface area (Å²) in [6.07, 6.45) is 3.63. The van der Waals surface area contributed by atoms with Crippen molar-refractivity contribution in [2.45, 2.75) is 72.1 Å². The van der Waals surface area contributed by atoms with Crippen LogP contribution in [0.5, 0.6) is 0 Å². The van der Waals surface area contributed by atoms with Crippen molar-refractivity contribution in [3.05, 3.63) is 95.3 Å². The molecule has 1 atom stereocenters. The Bertz CT molecular complexity index is 951. The van der Waals surface area contributed by atoms with Crippen LogP contribution in [0.3, 0.4) is 0 Å². The molecule has 0 saturated heterocycles. The highest BCUT2D eigenvalue weighted by Gasteiger charge is 2.16. The highest BCUT2D eigenvalue weighted by atomic mass is 16.3. The second-order valence-corrected chi connectivity index (χ2v) is 10.8. The van der Waals surface area contributed by atoms with Crippen LogP contribution in [0.25, 0.3) is 0 Å². The van der Waals surface area contributed by atoms with E-state index in [9.17, 15) is 5.11 Å². The summed E-state index contributed by atoms with van der Waals surface area (Å²) >= 11 is 0. The van der Waals surface area contributed by atoms with Crippen molar-refractivity contribution in [1.29, 1.82) is 0 Å². The van der Waals surface area contributed by atoms with Crippen LogP contribution in [0.2, 0.25) is 0 Å². The van der Waals surface area contributed by atoms with Crippen LogP contribution in [0.1, 0.15) is 63.4 Å². The van der Waals surface area contributed by atoms with Gasteiger partial charge in [0.1, 0.15) is 0 Å². The Kier molecular flexibility index (Phi) is 8.94. The van der Waals surface area contributed by atoms with Gasteiger partial charge in [-0.3, -0.25) is 4.90 Å². The molecule has 3 aromatic rings. The fourth-order valence-electron chi connectivity index (χ4n) is 4.21. The molecule has 1 aromatic heterocycles. The second kappa shape index (κ2) is 11.7. The highest BCUT2D eigenvalue weighted by Crippen LogP contribution is 2.23. The molecule has 0 bridgehead atoms. The first kappa shape index (κ1) is 25.3. The zero-order chi connectivity index (χ0) is 23.8. The predicted molar refractivity (Wildman–Crippen MR) is 140 cm³/mol. The summed E-state index contributed by atoms with van der Waals surface area (Å²) in [5, 5.41) is 10.8. The van der Waals surface area contributed by atoms with E-state index in [1.54, 1.807) is 0 Å². The summed E-state index contributed by atoms with van der Waals surface area (Å²) < 4.78 is 2.35. The van der Waals surface area contributed by atoms with E-state index < -0.39 is 0 Å². The maximum absolute atomic E-state index is 10.8. The van der Waals surface area contributed by atoms with Gasteiger partial charge >= 0.3 is 0 Å². The minimum Gasteiger partial charge on any atom is -0.391 e. The topological polar surface area (TPSA) is 28.4 Å². The van der Waals surface area contributed by atoms with Crippen molar-refractivity contribution in [2.24, 2.45) is 5.92 Å². The first-order valence-corrected chi connectivity index (χ1v) is 12.4. The van der Waals surface area contributed by atoms with Crippen LogP contribution in [0, 0.1) is 5.92 Å². The number of aliphatic hydroxyl groups excluding tert-OH is 1. The van der Waals surface area contributed by atoms with Gasteiger partial charge in [-0.25, -0.2) is 0 Å². The molecule has 33 heavy (non-hydrogen) atoms. The van der Waals surface area contributed by atoms with Crippen LogP contribution in [-0.2, 0) is 24.9 Å². The SMILES string of the molecule is CC(C)CCN(Cc1cccn1Cc1ccc(C(C)(C)C)cc1)C[C@@H](O)Cc1ccccc1. The third kappa shape index (κ3) is 8.17. The Hall–Kier alpha value is -2.36. The molecular formula is C30H42N2O. The summed E-state index contributed by atoms with van der Waals surface area (Å²) in [4.78, 5) is 2.42. The fourth-order valence-corrected chi connectivity index (χ4v) is 4.21. The Morgan fingerprint density at radius 3 is 2.21 bits per heavy atom. The third-order valence-electron chi connectivity index (χ3n) is 6.29. The summed E-state index contributed by atoms with van der Waals surface area (Å²) in [6.45, 7) is 14.7. The molecule has 3 nitrogen and oxygen atoms in total. The van der Waals surface area contributed by atoms with Crippen LogP contribution < -0.4 is 0 Å². The van der Waals surface area contributed by atoms with Crippen molar-refractivity contribution in [3.8, 4) is 0 Å². The first-order chi connectivity index (χ1) is 15.7. The molecule has 2 aromatic carbocycles. The normalized spacial score (nSPS) is 13.1. The fraction of sp³-hybridized carbons (Fsp3) is 0.467. The molecule has 1 N–H and O–H groups in total. The summed E-state index contributed by atoms with van der Waals surface area (Å²) in [5.41, 5.74) is 5.35. The van der Waals surface area contributed by atoms with Gasteiger partial charge in [-0.2, -0.15) is 0 Å². The summed E-state index contributed by atoms with van der Waals surface area (Å²) in [5.74, 6) is 0.645. The zero-order valence-electron chi connectivity index (χ0n) is 21.2. The number of hydrogen-bond acceptors (Lipinski definition) is 2. The maximum Gasteiger partial charge on any atom is 0.0707 e. The van der Waals surface area contributed by atoms with Crippen molar-refractivity contribution >= 4 is 0 Å². The van der Waals surface area contributed by atoms with E-state index in [2.05, 4.69) is 98.8 Å². The monoisotopic (exact) mass is 446 g/mol. The Morgan fingerprint density at radius 1 is 0.879 bits per heavy atom. The van der Waals surface area contributed by atoms with Crippen LogP contribution in [0.4, 0.5) is 0 Å². The van der Waals surface area contributed by atoms with E-state index in [0.29, 0.717) is 18.9 Å². The number of aliphatic hydroxyl groups is 1. The van der Waals surface area contributed by atoms with Crippen LogP contribution in [-0.4, -0.2) is 33.8 Å². The molecule has 0 aliphatic rings. The van der Waals surface area contributed by atoms with Gasteiger partial charge in [0.15, 0.2) is 0 Å². The zero-order valence-corrected chi connectivity index (χ0v) is 21.2. The lowest BCUT2D eigenvalue weighted by Crippen LogP contribution is -2.35. The molecule has 0 aliphatic heterocycles. The van der Waals surface area contributed by atoms with Gasteiger partial charge in [0.05, 0.1) is 6.10 Å². The van der Waals surface area contributed by atoms with Crippen molar-refractivity contribution in [1.82, 2.24) is 9.47 Å². The third-order valence-corrected chi connectivity index (χ3v) is 6.29. The molecule has 0 unspecified atom stereocenters. The number of rotatable bonds is 11. The van der Waals surface area contributed by atoms with E-state index in [0.717, 1.165) is 26.1 Å². The van der Waals surface area contributed by atoms with Crippen LogP contribution in [0.15, 0.2) is 72.9 Å². The van der Waals surface area contributed by atoms with E-state index in [-0.39, 0.29) is 11.5 Å². The Morgan fingerprint density at radius 2 is 1.58 bits per heavy atom. The lowest BCUT2D eigenvalue weighted by Gasteiger charge is -2.26. The molecule has 1 heterocycles. The van der Waals surface area contributed by atoms with Gasteiger partial charge in [0, 0.05) is 31.5 Å². The van der Waals surface area contributed by atoms with Gasteiger partial charge in [0.25, 0.3) is 0 Å². The lowest BCUT2D eigenvalue weighted by molar-refractivity contribution is 0.104. The minimum absolute atomic E-state index is 0.175. The molecule has 0 radical (unpaired) electrons. The van der Waals surface area contributed by atoms with Gasteiger partial charge in [0.2, 0.25) is 0 Å². The smallest absolute Gasteiger partial charge is 0.0707 e.